The number of hydrogen-bond acceptors (Lipinski definition) is 2. The second kappa shape index (κ2) is 6.57. The Hall–Kier alpha value is -1.81. The van der Waals surface area contributed by atoms with Gasteiger partial charge in [0.25, 0.3) is 5.91 Å². The molecule has 0 atom stereocenters. The minimum Gasteiger partial charge on any atom is -0.497 e. The molecular formula is C16H16BrNO2. The first-order chi connectivity index (χ1) is 9.61. The highest BCUT2D eigenvalue weighted by atomic mass is 79.9. The minimum absolute atomic E-state index is 0.0698. The van der Waals surface area contributed by atoms with Gasteiger partial charge < -0.3 is 10.1 Å². The second-order valence-corrected chi connectivity index (χ2v) is 5.30. The molecule has 3 nitrogen and oxygen atoms in total. The maximum Gasteiger partial charge on any atom is 0.251 e. The minimum atomic E-state index is -0.0698. The summed E-state index contributed by atoms with van der Waals surface area (Å²) in [7, 11) is 1.63. The van der Waals surface area contributed by atoms with Crippen molar-refractivity contribution in [3.63, 3.8) is 0 Å². The van der Waals surface area contributed by atoms with Crippen LogP contribution in [0.15, 0.2) is 46.9 Å². The van der Waals surface area contributed by atoms with E-state index in [1.165, 1.54) is 0 Å². The van der Waals surface area contributed by atoms with Gasteiger partial charge in [-0.05, 0) is 42.3 Å². The molecule has 0 aliphatic heterocycles. The lowest BCUT2D eigenvalue weighted by atomic mass is 10.1. The van der Waals surface area contributed by atoms with Crippen molar-refractivity contribution in [2.75, 3.05) is 7.11 Å². The molecule has 2 aromatic carbocycles. The zero-order valence-electron chi connectivity index (χ0n) is 11.4. The van der Waals surface area contributed by atoms with Gasteiger partial charge in [-0.25, -0.2) is 0 Å². The molecule has 104 valence electrons. The smallest absolute Gasteiger partial charge is 0.251 e. The monoisotopic (exact) mass is 333 g/mol. The predicted octanol–water partition coefficient (Wildman–Crippen LogP) is 3.70. The molecule has 2 rings (SSSR count). The fourth-order valence-corrected chi connectivity index (χ4v) is 2.24. The van der Waals surface area contributed by atoms with E-state index in [9.17, 15) is 4.79 Å². The van der Waals surface area contributed by atoms with Crippen LogP contribution in [0.25, 0.3) is 0 Å². The first-order valence-corrected chi connectivity index (χ1v) is 7.07. The van der Waals surface area contributed by atoms with Crippen LogP contribution in [-0.4, -0.2) is 13.0 Å². The second-order valence-electron chi connectivity index (χ2n) is 4.44. The number of carbonyl (C=O) groups excluding carboxylic acids is 1. The average molecular weight is 334 g/mol. The first-order valence-electron chi connectivity index (χ1n) is 6.28. The molecule has 0 spiro atoms. The fourth-order valence-electron chi connectivity index (χ4n) is 1.87. The van der Waals surface area contributed by atoms with Crippen LogP contribution in [0.2, 0.25) is 0 Å². The Kier molecular flexibility index (Phi) is 4.79. The number of carbonyl (C=O) groups is 1. The number of rotatable bonds is 4. The number of ether oxygens (including phenoxy) is 1. The Bertz CT molecular complexity index is 608. The number of benzene rings is 2. The molecule has 2 aromatic rings. The lowest BCUT2D eigenvalue weighted by Gasteiger charge is -2.09. The molecule has 1 amide bonds. The van der Waals surface area contributed by atoms with Crippen molar-refractivity contribution in [1.82, 2.24) is 5.32 Å². The maximum absolute atomic E-state index is 12.2. The molecule has 20 heavy (non-hydrogen) atoms. The van der Waals surface area contributed by atoms with Gasteiger partial charge in [-0.2, -0.15) is 0 Å². The molecule has 0 aromatic heterocycles. The van der Waals surface area contributed by atoms with Crippen LogP contribution in [0, 0.1) is 6.92 Å². The third-order valence-electron chi connectivity index (χ3n) is 3.12. The van der Waals surface area contributed by atoms with E-state index in [0.29, 0.717) is 12.1 Å². The molecule has 0 fully saturated rings. The molecule has 0 saturated carbocycles. The molecule has 1 N–H and O–H groups in total. The quantitative estimate of drug-likeness (QED) is 0.926. The van der Waals surface area contributed by atoms with Crippen molar-refractivity contribution >= 4 is 21.8 Å². The topological polar surface area (TPSA) is 38.3 Å². The summed E-state index contributed by atoms with van der Waals surface area (Å²) in [5.74, 6) is 0.738. The van der Waals surface area contributed by atoms with Gasteiger partial charge in [-0.1, -0.05) is 34.1 Å². The summed E-state index contributed by atoms with van der Waals surface area (Å²) in [6, 6.07) is 13.2. The van der Waals surface area contributed by atoms with Crippen molar-refractivity contribution in [2.45, 2.75) is 13.5 Å². The third kappa shape index (κ3) is 3.39. The highest BCUT2D eigenvalue weighted by Gasteiger charge is 2.10. The largest absolute Gasteiger partial charge is 0.497 e. The maximum atomic E-state index is 12.2. The zero-order valence-corrected chi connectivity index (χ0v) is 13.0. The Morgan fingerprint density at radius 1 is 1.20 bits per heavy atom. The van der Waals surface area contributed by atoms with Gasteiger partial charge in [-0.3, -0.25) is 4.79 Å². The van der Waals surface area contributed by atoms with Crippen molar-refractivity contribution in [3.05, 3.63) is 63.6 Å². The van der Waals surface area contributed by atoms with Crippen LogP contribution in [0.1, 0.15) is 21.5 Å². The molecule has 0 unspecified atom stereocenters. The van der Waals surface area contributed by atoms with E-state index < -0.39 is 0 Å². The number of hydrogen-bond donors (Lipinski definition) is 1. The molecule has 0 aliphatic rings. The summed E-state index contributed by atoms with van der Waals surface area (Å²) in [5, 5.41) is 2.92. The predicted molar refractivity (Wildman–Crippen MR) is 83.0 cm³/mol. The highest BCUT2D eigenvalue weighted by Crippen LogP contribution is 2.19. The molecular weight excluding hydrogens is 318 g/mol. The number of methoxy groups -OCH3 is 1. The summed E-state index contributed by atoms with van der Waals surface area (Å²) >= 11 is 3.43. The van der Waals surface area contributed by atoms with Crippen LogP contribution < -0.4 is 10.1 Å². The van der Waals surface area contributed by atoms with Gasteiger partial charge in [0.15, 0.2) is 0 Å². The van der Waals surface area contributed by atoms with Gasteiger partial charge in [0.1, 0.15) is 5.75 Å². The third-order valence-corrected chi connectivity index (χ3v) is 3.98. The molecule has 0 saturated heterocycles. The molecule has 0 heterocycles. The number of halogens is 1. The summed E-state index contributed by atoms with van der Waals surface area (Å²) in [4.78, 5) is 12.2. The molecule has 0 radical (unpaired) electrons. The van der Waals surface area contributed by atoms with Crippen LogP contribution in [0.3, 0.4) is 0 Å². The molecule has 0 bridgehead atoms. The van der Waals surface area contributed by atoms with Crippen molar-refractivity contribution in [2.24, 2.45) is 0 Å². The summed E-state index contributed by atoms with van der Waals surface area (Å²) in [6.45, 7) is 2.42. The Balaban J connectivity index is 2.02. The van der Waals surface area contributed by atoms with Gasteiger partial charge in [0.05, 0.1) is 7.11 Å². The summed E-state index contributed by atoms with van der Waals surface area (Å²) in [6.07, 6.45) is 0. The molecule has 0 aliphatic carbocycles. The van der Waals surface area contributed by atoms with E-state index in [2.05, 4.69) is 21.2 Å². The normalized spacial score (nSPS) is 10.2. The van der Waals surface area contributed by atoms with Gasteiger partial charge in [0, 0.05) is 16.6 Å². The SMILES string of the molecule is COc1ccc(CNC(=O)c2cccc(Br)c2C)cc1. The highest BCUT2D eigenvalue weighted by molar-refractivity contribution is 9.10. The Labute approximate surface area is 127 Å². The van der Waals surface area contributed by atoms with E-state index in [4.69, 9.17) is 4.74 Å². The number of amides is 1. The summed E-state index contributed by atoms with van der Waals surface area (Å²) < 4.78 is 6.04. The standard InChI is InChI=1S/C16H16BrNO2/c1-11-14(4-3-5-15(11)17)16(19)18-10-12-6-8-13(20-2)9-7-12/h3-9H,10H2,1-2H3,(H,18,19). The lowest BCUT2D eigenvalue weighted by molar-refractivity contribution is 0.0950. The van der Waals surface area contributed by atoms with Crippen LogP contribution in [0.4, 0.5) is 0 Å². The zero-order chi connectivity index (χ0) is 14.5. The van der Waals surface area contributed by atoms with Crippen LogP contribution in [-0.2, 0) is 6.54 Å². The molecule has 4 heteroatoms. The Morgan fingerprint density at radius 3 is 2.55 bits per heavy atom. The summed E-state index contributed by atoms with van der Waals surface area (Å²) in [5.41, 5.74) is 2.67. The van der Waals surface area contributed by atoms with Crippen LogP contribution in [0.5, 0.6) is 5.75 Å². The first kappa shape index (κ1) is 14.6. The van der Waals surface area contributed by atoms with Crippen molar-refractivity contribution in [1.29, 1.82) is 0 Å². The van der Waals surface area contributed by atoms with E-state index in [0.717, 1.165) is 21.3 Å². The average Bonchev–Trinajstić information content (AvgIpc) is 2.48. The van der Waals surface area contributed by atoms with Gasteiger partial charge in [-0.15, -0.1) is 0 Å². The van der Waals surface area contributed by atoms with E-state index in [1.54, 1.807) is 7.11 Å². The lowest BCUT2D eigenvalue weighted by Crippen LogP contribution is -2.23. The Morgan fingerprint density at radius 2 is 1.90 bits per heavy atom. The van der Waals surface area contributed by atoms with E-state index >= 15 is 0 Å². The number of nitrogens with one attached hydrogen (secondary N) is 1. The van der Waals surface area contributed by atoms with Crippen molar-refractivity contribution < 1.29 is 9.53 Å². The van der Waals surface area contributed by atoms with Crippen molar-refractivity contribution in [3.8, 4) is 5.75 Å². The van der Waals surface area contributed by atoms with Crippen LogP contribution >= 0.6 is 15.9 Å². The van der Waals surface area contributed by atoms with E-state index in [-0.39, 0.29) is 5.91 Å². The van der Waals surface area contributed by atoms with E-state index in [1.807, 2.05) is 49.4 Å². The van der Waals surface area contributed by atoms with Gasteiger partial charge in [0.2, 0.25) is 0 Å². The van der Waals surface area contributed by atoms with Gasteiger partial charge >= 0.3 is 0 Å². The fraction of sp³-hybridized carbons (Fsp3) is 0.188.